The number of aromatic nitrogens is 1. The van der Waals surface area contributed by atoms with Crippen molar-refractivity contribution >= 4 is 43.3 Å². The minimum Gasteiger partial charge on any atom is -0.422 e. The van der Waals surface area contributed by atoms with E-state index in [1.54, 1.807) is 54.6 Å². The second-order valence-electron chi connectivity index (χ2n) is 7.65. The van der Waals surface area contributed by atoms with Crippen LogP contribution in [0.5, 0.6) is 0 Å². The molecule has 0 aliphatic carbocycles. The van der Waals surface area contributed by atoms with E-state index >= 15 is 0 Å². The van der Waals surface area contributed by atoms with E-state index in [0.29, 0.717) is 38.2 Å². The van der Waals surface area contributed by atoms with Crippen LogP contribution >= 0.6 is 0 Å². The summed E-state index contributed by atoms with van der Waals surface area (Å²) in [6.45, 7) is 0. The van der Waals surface area contributed by atoms with Crippen LogP contribution in [0.15, 0.2) is 110 Å². The fourth-order valence-corrected chi connectivity index (χ4v) is 4.38. The van der Waals surface area contributed by atoms with Crippen molar-refractivity contribution in [1.29, 1.82) is 0 Å². The maximum absolute atomic E-state index is 13.5. The third kappa shape index (κ3) is 2.55. The van der Waals surface area contributed by atoms with E-state index in [1.807, 2.05) is 36.4 Å². The molecule has 5 nitrogen and oxygen atoms in total. The Morgan fingerprint density at radius 2 is 0.969 bits per heavy atom. The molecule has 32 heavy (non-hydrogen) atoms. The van der Waals surface area contributed by atoms with Gasteiger partial charge in [0.25, 0.3) is 11.1 Å². The summed E-state index contributed by atoms with van der Waals surface area (Å²) in [5.74, 6) is 0. The molecule has 0 amide bonds. The lowest BCUT2D eigenvalue weighted by Crippen LogP contribution is -2.28. The highest BCUT2D eigenvalue weighted by molar-refractivity contribution is 6.06. The Hall–Kier alpha value is -4.51. The van der Waals surface area contributed by atoms with Crippen molar-refractivity contribution in [2.45, 2.75) is 0 Å². The van der Waals surface area contributed by atoms with Crippen molar-refractivity contribution < 1.29 is 4.42 Å². The van der Waals surface area contributed by atoms with Gasteiger partial charge < -0.3 is 4.42 Å². The summed E-state index contributed by atoms with van der Waals surface area (Å²) in [4.78, 5) is 39.6. The van der Waals surface area contributed by atoms with Crippen molar-refractivity contribution in [3.05, 3.63) is 122 Å². The Bertz CT molecular complexity index is 1830. The summed E-state index contributed by atoms with van der Waals surface area (Å²) < 4.78 is 6.69. The molecule has 2 aromatic heterocycles. The molecule has 0 aliphatic heterocycles. The quantitative estimate of drug-likeness (QED) is 0.286. The van der Waals surface area contributed by atoms with Gasteiger partial charge in [-0.3, -0.25) is 9.59 Å². The summed E-state index contributed by atoms with van der Waals surface area (Å²) >= 11 is 0. The van der Waals surface area contributed by atoms with Crippen LogP contribution in [-0.2, 0) is 0 Å². The lowest BCUT2D eigenvalue weighted by atomic mass is 10.1. The number of hydrogen-bond acceptors (Lipinski definition) is 4. The van der Waals surface area contributed by atoms with Crippen LogP contribution < -0.4 is 16.7 Å². The molecule has 0 saturated carbocycles. The Morgan fingerprint density at radius 3 is 1.53 bits per heavy atom. The Morgan fingerprint density at radius 1 is 0.500 bits per heavy atom. The van der Waals surface area contributed by atoms with Crippen molar-refractivity contribution in [3.63, 3.8) is 0 Å². The first kappa shape index (κ1) is 18.3. The van der Waals surface area contributed by atoms with Crippen molar-refractivity contribution in [2.75, 3.05) is 0 Å². The molecule has 4 aromatic carbocycles. The number of rotatable bonds is 1. The molecule has 0 spiro atoms. The predicted octanol–water partition coefficient (Wildman–Crippen LogP) is 4.76. The molecule has 2 heterocycles. The number of nitrogens with zero attached hydrogens (tertiary/aromatic N) is 1. The highest BCUT2D eigenvalue weighted by Gasteiger charge is 2.14. The molecule has 0 atom stereocenters. The van der Waals surface area contributed by atoms with Gasteiger partial charge in [-0.15, -0.1) is 0 Å². The topological polar surface area (TPSA) is 69.3 Å². The molecule has 0 radical (unpaired) electrons. The molecular formula is C27H15NO4. The van der Waals surface area contributed by atoms with Gasteiger partial charge in [0.1, 0.15) is 5.58 Å². The van der Waals surface area contributed by atoms with Gasteiger partial charge in [0.05, 0.1) is 11.1 Å². The fourth-order valence-electron chi connectivity index (χ4n) is 4.38. The molecular weight excluding hydrogens is 402 g/mol. The van der Waals surface area contributed by atoms with Crippen molar-refractivity contribution in [3.8, 4) is 5.69 Å². The average molecular weight is 417 g/mol. The second kappa shape index (κ2) is 6.75. The Labute approximate surface area is 180 Å². The van der Waals surface area contributed by atoms with Crippen LogP contribution in [0.4, 0.5) is 0 Å². The summed E-state index contributed by atoms with van der Waals surface area (Å²) in [6.07, 6.45) is 0. The average Bonchev–Trinajstić information content (AvgIpc) is 2.92. The first-order valence-electron chi connectivity index (χ1n) is 10.2. The van der Waals surface area contributed by atoms with Gasteiger partial charge in [-0.1, -0.05) is 54.6 Å². The van der Waals surface area contributed by atoms with E-state index < -0.39 is 16.7 Å². The molecule has 0 fully saturated rings. The maximum Gasteiger partial charge on any atom is 0.344 e. The summed E-state index contributed by atoms with van der Waals surface area (Å²) in [5, 5.41) is 4.27. The lowest BCUT2D eigenvalue weighted by Gasteiger charge is -2.06. The SMILES string of the molecule is O=c1oc2cc(-n3c(=O)c4ccccc4c4ccccc4c3=O)ccc2c2ccccc12. The first-order chi connectivity index (χ1) is 15.6. The highest BCUT2D eigenvalue weighted by atomic mass is 16.4. The summed E-state index contributed by atoms with van der Waals surface area (Å²) in [6, 6.07) is 26.6. The second-order valence-corrected chi connectivity index (χ2v) is 7.65. The van der Waals surface area contributed by atoms with Gasteiger partial charge in [-0.25, -0.2) is 9.36 Å². The van der Waals surface area contributed by atoms with Gasteiger partial charge in [0, 0.05) is 22.2 Å². The maximum atomic E-state index is 13.5. The Kier molecular flexibility index (Phi) is 3.86. The van der Waals surface area contributed by atoms with Gasteiger partial charge in [0.2, 0.25) is 0 Å². The third-order valence-corrected chi connectivity index (χ3v) is 5.87. The molecule has 0 unspecified atom stereocenters. The Balaban J connectivity index is 1.79. The third-order valence-electron chi connectivity index (χ3n) is 5.87. The normalized spacial score (nSPS) is 11.5. The van der Waals surface area contributed by atoms with Crippen LogP contribution in [0, 0.1) is 0 Å². The first-order valence-corrected chi connectivity index (χ1v) is 10.2. The zero-order chi connectivity index (χ0) is 21.8. The lowest BCUT2D eigenvalue weighted by molar-refractivity contribution is 0.569. The van der Waals surface area contributed by atoms with Crippen LogP contribution in [0.3, 0.4) is 0 Å². The zero-order valence-corrected chi connectivity index (χ0v) is 16.7. The van der Waals surface area contributed by atoms with E-state index in [1.165, 1.54) is 0 Å². The van der Waals surface area contributed by atoms with Crippen LogP contribution in [0.25, 0.3) is 49.0 Å². The largest absolute Gasteiger partial charge is 0.422 e. The standard InChI is InChI=1S/C27H15NO4/c29-25-21-10-4-1-7-17(21)18-8-2-5-11-22(18)26(30)28(25)16-13-14-20-19-9-3-6-12-23(19)27(31)32-24(20)15-16/h1-15H. The van der Waals surface area contributed by atoms with E-state index in [4.69, 9.17) is 4.42 Å². The van der Waals surface area contributed by atoms with E-state index in [0.717, 1.165) is 15.3 Å². The van der Waals surface area contributed by atoms with Gasteiger partial charge in [-0.2, -0.15) is 0 Å². The van der Waals surface area contributed by atoms with Crippen LogP contribution in [0.1, 0.15) is 0 Å². The van der Waals surface area contributed by atoms with E-state index in [2.05, 4.69) is 0 Å². The number of fused-ring (bicyclic) bond motifs is 6. The molecule has 6 rings (SSSR count). The minimum atomic E-state index is -0.463. The van der Waals surface area contributed by atoms with Crippen LogP contribution in [-0.4, -0.2) is 4.57 Å². The predicted molar refractivity (Wildman–Crippen MR) is 127 cm³/mol. The smallest absolute Gasteiger partial charge is 0.344 e. The number of hydrogen-bond donors (Lipinski definition) is 0. The molecule has 6 aromatic rings. The van der Waals surface area contributed by atoms with Crippen LogP contribution in [0.2, 0.25) is 0 Å². The monoisotopic (exact) mass is 417 g/mol. The van der Waals surface area contributed by atoms with Gasteiger partial charge >= 0.3 is 5.63 Å². The van der Waals surface area contributed by atoms with Gasteiger partial charge in [-0.05, 0) is 46.5 Å². The summed E-state index contributed by atoms with van der Waals surface area (Å²) in [5.41, 5.74) is -0.655. The molecule has 0 bridgehead atoms. The number of benzene rings is 4. The highest BCUT2D eigenvalue weighted by Crippen LogP contribution is 2.25. The van der Waals surface area contributed by atoms with Crippen molar-refractivity contribution in [1.82, 2.24) is 4.57 Å². The molecule has 5 heteroatoms. The molecule has 0 N–H and O–H groups in total. The fraction of sp³-hybridized carbons (Fsp3) is 0. The summed E-state index contributed by atoms with van der Waals surface area (Å²) in [7, 11) is 0. The van der Waals surface area contributed by atoms with E-state index in [-0.39, 0.29) is 0 Å². The molecule has 152 valence electrons. The zero-order valence-electron chi connectivity index (χ0n) is 16.7. The van der Waals surface area contributed by atoms with E-state index in [9.17, 15) is 14.4 Å². The molecule has 0 saturated heterocycles. The minimum absolute atomic E-state index is 0.317. The molecule has 0 aliphatic rings. The van der Waals surface area contributed by atoms with Crippen molar-refractivity contribution in [2.24, 2.45) is 0 Å². The van der Waals surface area contributed by atoms with Gasteiger partial charge in [0.15, 0.2) is 0 Å².